The number of carbonyl (C=O) groups is 2. The van der Waals surface area contributed by atoms with Crippen LogP contribution in [0, 0.1) is 0 Å². The molecule has 0 aromatic heterocycles. The minimum absolute atomic E-state index is 0.102. The van der Waals surface area contributed by atoms with Crippen LogP contribution in [-0.2, 0) is 16.0 Å². The van der Waals surface area contributed by atoms with Gasteiger partial charge >= 0.3 is 11.8 Å². The number of nitrogens with one attached hydrogen (secondary N) is 2. The number of anilines is 1. The van der Waals surface area contributed by atoms with Gasteiger partial charge < -0.3 is 15.5 Å². The molecule has 1 saturated heterocycles. The summed E-state index contributed by atoms with van der Waals surface area (Å²) in [4.78, 5) is 28.5. The molecular formula is C20H28N4O2. The number of hydrogen-bond donors (Lipinski definition) is 2. The number of hydrogen-bond acceptors (Lipinski definition) is 4. The Hall–Kier alpha value is -2.34. The Balaban J connectivity index is 1.71. The molecule has 1 aromatic carbocycles. The van der Waals surface area contributed by atoms with Gasteiger partial charge in [-0.2, -0.15) is 0 Å². The van der Waals surface area contributed by atoms with Crippen LogP contribution >= 0.6 is 0 Å². The molecule has 0 saturated carbocycles. The van der Waals surface area contributed by atoms with E-state index in [1.54, 1.807) is 6.08 Å². The number of likely N-dealkylation sites (N-methyl/N-ethyl adjacent to an activating group) is 1. The topological polar surface area (TPSA) is 64.7 Å². The number of fused-ring (bicyclic) bond motifs is 1. The van der Waals surface area contributed by atoms with E-state index in [1.807, 2.05) is 0 Å². The van der Waals surface area contributed by atoms with Crippen molar-refractivity contribution >= 4 is 17.5 Å². The minimum Gasteiger partial charge on any atom is -0.374 e. The number of nitrogens with zero attached hydrogens (tertiary/aromatic N) is 2. The van der Waals surface area contributed by atoms with Crippen molar-refractivity contribution < 1.29 is 9.59 Å². The van der Waals surface area contributed by atoms with Crippen molar-refractivity contribution in [2.45, 2.75) is 25.3 Å². The Kier molecular flexibility index (Phi) is 5.93. The number of amides is 2. The summed E-state index contributed by atoms with van der Waals surface area (Å²) < 4.78 is 0. The van der Waals surface area contributed by atoms with Crippen molar-refractivity contribution in [3.05, 3.63) is 42.0 Å². The highest BCUT2D eigenvalue weighted by Gasteiger charge is 2.26. The zero-order valence-electron chi connectivity index (χ0n) is 15.5. The van der Waals surface area contributed by atoms with Gasteiger partial charge in [-0.3, -0.25) is 14.5 Å². The van der Waals surface area contributed by atoms with Crippen molar-refractivity contribution in [1.82, 2.24) is 15.5 Å². The van der Waals surface area contributed by atoms with E-state index in [1.165, 1.54) is 29.7 Å². The van der Waals surface area contributed by atoms with Crippen LogP contribution in [0.3, 0.4) is 0 Å². The van der Waals surface area contributed by atoms with E-state index in [9.17, 15) is 9.59 Å². The lowest BCUT2D eigenvalue weighted by Crippen LogP contribution is -2.43. The first-order valence-corrected chi connectivity index (χ1v) is 9.35. The summed E-state index contributed by atoms with van der Waals surface area (Å²) in [5.41, 5.74) is 3.87. The highest BCUT2D eigenvalue weighted by molar-refractivity contribution is 6.35. The molecule has 1 aromatic rings. The summed E-state index contributed by atoms with van der Waals surface area (Å²) >= 11 is 0. The Morgan fingerprint density at radius 2 is 1.92 bits per heavy atom. The van der Waals surface area contributed by atoms with Crippen LogP contribution in [-0.4, -0.2) is 56.5 Å². The first-order valence-electron chi connectivity index (χ1n) is 9.35. The highest BCUT2D eigenvalue weighted by Crippen LogP contribution is 2.32. The lowest BCUT2D eigenvalue weighted by molar-refractivity contribution is -0.139. The fraction of sp³-hybridized carbons (Fsp3) is 0.500. The largest absolute Gasteiger partial charge is 0.374 e. The average molecular weight is 356 g/mol. The maximum absolute atomic E-state index is 12.0. The fourth-order valence-corrected chi connectivity index (χ4v) is 3.82. The molecule has 0 aliphatic carbocycles. The molecule has 6 nitrogen and oxygen atoms in total. The van der Waals surface area contributed by atoms with Crippen LogP contribution in [0.2, 0.25) is 0 Å². The number of carbonyl (C=O) groups excluding carboxylic acids is 2. The first-order chi connectivity index (χ1) is 12.6. The van der Waals surface area contributed by atoms with Crippen LogP contribution in [0.1, 0.15) is 30.0 Å². The second-order valence-corrected chi connectivity index (χ2v) is 7.03. The third kappa shape index (κ3) is 4.07. The van der Waals surface area contributed by atoms with E-state index in [0.29, 0.717) is 13.1 Å². The number of benzene rings is 1. The highest BCUT2D eigenvalue weighted by atomic mass is 16.2. The molecular weight excluding hydrogens is 328 g/mol. The van der Waals surface area contributed by atoms with Gasteiger partial charge in [0, 0.05) is 32.4 Å². The second-order valence-electron chi connectivity index (χ2n) is 7.03. The van der Waals surface area contributed by atoms with Gasteiger partial charge in [0.1, 0.15) is 0 Å². The molecule has 6 heteroatoms. The Morgan fingerprint density at radius 3 is 2.65 bits per heavy atom. The van der Waals surface area contributed by atoms with E-state index < -0.39 is 11.8 Å². The molecule has 2 heterocycles. The molecule has 0 spiro atoms. The second kappa shape index (κ2) is 8.36. The molecule has 140 valence electrons. The van der Waals surface area contributed by atoms with Gasteiger partial charge in [-0.15, -0.1) is 6.58 Å². The molecule has 26 heavy (non-hydrogen) atoms. The summed E-state index contributed by atoms with van der Waals surface area (Å²) in [5, 5.41) is 5.32. The molecule has 1 unspecified atom stereocenters. The molecule has 2 N–H and O–H groups in total. The van der Waals surface area contributed by atoms with Gasteiger partial charge in [0.25, 0.3) is 0 Å². The summed E-state index contributed by atoms with van der Waals surface area (Å²) in [6, 6.07) is 6.71. The van der Waals surface area contributed by atoms with Crippen molar-refractivity contribution in [1.29, 1.82) is 0 Å². The van der Waals surface area contributed by atoms with E-state index in [0.717, 1.165) is 26.1 Å². The monoisotopic (exact) mass is 356 g/mol. The summed E-state index contributed by atoms with van der Waals surface area (Å²) in [7, 11) is 2.12. The zero-order valence-corrected chi connectivity index (χ0v) is 15.5. The van der Waals surface area contributed by atoms with E-state index in [2.05, 4.69) is 52.3 Å². The maximum Gasteiger partial charge on any atom is 0.309 e. The van der Waals surface area contributed by atoms with Gasteiger partial charge in [-0.25, -0.2) is 0 Å². The SMILES string of the molecule is C=CCNC(=O)C(=O)NCC(c1ccc2c(c1)CCN2C)N1CCCC1. The average Bonchev–Trinajstić information content (AvgIpc) is 3.30. The zero-order chi connectivity index (χ0) is 18.5. The molecule has 0 bridgehead atoms. The van der Waals surface area contributed by atoms with Crippen LogP contribution in [0.5, 0.6) is 0 Å². The standard InChI is InChI=1S/C20H28N4O2/c1-3-9-21-19(25)20(26)22-14-18(24-10-4-5-11-24)15-6-7-17-16(13-15)8-12-23(17)2/h3,6-7,13,18H,1,4-5,8-12,14H2,2H3,(H,21,25)(H,22,26). The normalized spacial score (nSPS) is 17.7. The molecule has 3 rings (SSSR count). The van der Waals surface area contributed by atoms with Gasteiger partial charge in [0.05, 0.1) is 6.04 Å². The van der Waals surface area contributed by atoms with E-state index >= 15 is 0 Å². The molecule has 0 radical (unpaired) electrons. The maximum atomic E-state index is 12.0. The molecule has 2 aliphatic rings. The van der Waals surface area contributed by atoms with Gasteiger partial charge in [0.15, 0.2) is 0 Å². The lowest BCUT2D eigenvalue weighted by atomic mass is 10.0. The molecule has 2 aliphatic heterocycles. The third-order valence-electron chi connectivity index (χ3n) is 5.27. The predicted octanol–water partition coefficient (Wildman–Crippen LogP) is 1.23. The Morgan fingerprint density at radius 1 is 1.19 bits per heavy atom. The molecule has 1 atom stereocenters. The minimum atomic E-state index is -0.611. The van der Waals surface area contributed by atoms with Crippen LogP contribution < -0.4 is 15.5 Å². The van der Waals surface area contributed by atoms with Gasteiger partial charge in [0.2, 0.25) is 0 Å². The Bertz CT molecular complexity index is 682. The number of likely N-dealkylation sites (tertiary alicyclic amines) is 1. The van der Waals surface area contributed by atoms with Crippen molar-refractivity contribution in [2.75, 3.05) is 44.7 Å². The van der Waals surface area contributed by atoms with Crippen molar-refractivity contribution in [3.63, 3.8) is 0 Å². The number of rotatable bonds is 6. The van der Waals surface area contributed by atoms with Crippen LogP contribution in [0.4, 0.5) is 5.69 Å². The molecule has 2 amide bonds. The fourth-order valence-electron chi connectivity index (χ4n) is 3.82. The summed E-state index contributed by atoms with van der Waals surface area (Å²) in [6.07, 6.45) is 4.97. The van der Waals surface area contributed by atoms with Crippen LogP contribution in [0.15, 0.2) is 30.9 Å². The molecule has 1 fully saturated rings. The Labute approximate surface area is 155 Å². The summed E-state index contributed by atoms with van der Waals surface area (Å²) in [6.45, 7) is 7.37. The third-order valence-corrected chi connectivity index (χ3v) is 5.27. The predicted molar refractivity (Wildman–Crippen MR) is 103 cm³/mol. The lowest BCUT2D eigenvalue weighted by Gasteiger charge is -2.28. The van der Waals surface area contributed by atoms with E-state index in [4.69, 9.17) is 0 Å². The quantitative estimate of drug-likeness (QED) is 0.595. The van der Waals surface area contributed by atoms with Gasteiger partial charge in [-0.05, 0) is 49.5 Å². The van der Waals surface area contributed by atoms with Crippen LogP contribution in [0.25, 0.3) is 0 Å². The first kappa shape index (κ1) is 18.5. The van der Waals surface area contributed by atoms with Gasteiger partial charge in [-0.1, -0.05) is 18.2 Å². The summed E-state index contributed by atoms with van der Waals surface area (Å²) in [5.74, 6) is -1.20. The smallest absolute Gasteiger partial charge is 0.309 e. The van der Waals surface area contributed by atoms with Crippen molar-refractivity contribution in [3.8, 4) is 0 Å². The van der Waals surface area contributed by atoms with E-state index in [-0.39, 0.29) is 6.04 Å². The van der Waals surface area contributed by atoms with Crippen molar-refractivity contribution in [2.24, 2.45) is 0 Å².